The van der Waals surface area contributed by atoms with E-state index in [9.17, 15) is 0 Å². The van der Waals surface area contributed by atoms with Gasteiger partial charge in [-0.3, -0.25) is 4.98 Å². The maximum atomic E-state index is 5.09. The first-order chi connectivity index (χ1) is 8.79. The highest BCUT2D eigenvalue weighted by atomic mass is 16.5. The zero-order chi connectivity index (χ0) is 12.8. The molecule has 1 aromatic heterocycles. The van der Waals surface area contributed by atoms with Crippen molar-refractivity contribution >= 4 is 5.69 Å². The highest BCUT2D eigenvalue weighted by Gasteiger charge is 2.04. The zero-order valence-corrected chi connectivity index (χ0v) is 10.8. The molecule has 0 spiro atoms. The number of ether oxygens (including phenoxy) is 1. The van der Waals surface area contributed by atoms with Crippen molar-refractivity contribution in [3.05, 3.63) is 59.9 Å². The number of hydrogen-bond donors (Lipinski definition) is 1. The molecule has 0 saturated carbocycles. The molecule has 0 aliphatic rings. The predicted octanol–water partition coefficient (Wildman–Crippen LogP) is 3.40. The largest absolute Gasteiger partial charge is 0.380 e. The fraction of sp³-hybridized carbons (Fsp3) is 0.267. The molecule has 2 rings (SSSR count). The molecule has 1 heterocycles. The van der Waals surface area contributed by atoms with Crippen LogP contribution in [-0.2, 0) is 11.3 Å². The van der Waals surface area contributed by atoms with E-state index in [0.29, 0.717) is 6.61 Å². The van der Waals surface area contributed by atoms with E-state index < -0.39 is 0 Å². The lowest BCUT2D eigenvalue weighted by molar-refractivity contribution is 0.185. The number of benzene rings is 1. The topological polar surface area (TPSA) is 34.1 Å². The zero-order valence-electron chi connectivity index (χ0n) is 10.8. The Morgan fingerprint density at radius 3 is 2.39 bits per heavy atom. The molecular weight excluding hydrogens is 224 g/mol. The van der Waals surface area contributed by atoms with Crippen LogP contribution < -0.4 is 5.32 Å². The van der Waals surface area contributed by atoms with Gasteiger partial charge in [0.2, 0.25) is 0 Å². The number of anilines is 1. The minimum Gasteiger partial charge on any atom is -0.380 e. The summed E-state index contributed by atoms with van der Waals surface area (Å²) in [5, 5.41) is 3.46. The molecule has 0 fully saturated rings. The first-order valence-corrected chi connectivity index (χ1v) is 6.04. The molecule has 1 atom stereocenters. The Balaban J connectivity index is 2.01. The highest BCUT2D eigenvalue weighted by molar-refractivity contribution is 5.46. The summed E-state index contributed by atoms with van der Waals surface area (Å²) >= 11 is 0. The molecule has 0 amide bonds. The molecule has 1 unspecified atom stereocenters. The Labute approximate surface area is 108 Å². The van der Waals surface area contributed by atoms with Crippen LogP contribution in [0.1, 0.15) is 24.1 Å². The molecule has 1 N–H and O–H groups in total. The van der Waals surface area contributed by atoms with Crippen LogP contribution in [0.5, 0.6) is 0 Å². The Bertz CT molecular complexity index is 468. The van der Waals surface area contributed by atoms with Crippen LogP contribution in [0.15, 0.2) is 48.8 Å². The third-order valence-corrected chi connectivity index (χ3v) is 2.85. The van der Waals surface area contributed by atoms with E-state index in [0.717, 1.165) is 5.69 Å². The summed E-state index contributed by atoms with van der Waals surface area (Å²) in [6, 6.07) is 12.6. The molecule has 3 nitrogen and oxygen atoms in total. The average molecular weight is 242 g/mol. The van der Waals surface area contributed by atoms with E-state index in [1.54, 1.807) is 7.11 Å². The van der Waals surface area contributed by atoms with E-state index in [2.05, 4.69) is 41.5 Å². The third kappa shape index (κ3) is 3.31. The molecule has 94 valence electrons. The number of hydrogen-bond acceptors (Lipinski definition) is 3. The van der Waals surface area contributed by atoms with Crippen molar-refractivity contribution in [2.75, 3.05) is 12.4 Å². The van der Waals surface area contributed by atoms with Gasteiger partial charge < -0.3 is 10.1 Å². The van der Waals surface area contributed by atoms with Gasteiger partial charge in [0.1, 0.15) is 0 Å². The summed E-state index contributed by atoms with van der Waals surface area (Å²) < 4.78 is 5.09. The predicted molar refractivity (Wildman–Crippen MR) is 73.4 cm³/mol. The average Bonchev–Trinajstić information content (AvgIpc) is 2.42. The highest BCUT2D eigenvalue weighted by Crippen LogP contribution is 2.19. The van der Waals surface area contributed by atoms with Crippen LogP contribution in [0.25, 0.3) is 0 Å². The van der Waals surface area contributed by atoms with E-state index in [-0.39, 0.29) is 6.04 Å². The van der Waals surface area contributed by atoms with Crippen LogP contribution in [0, 0.1) is 0 Å². The van der Waals surface area contributed by atoms with Gasteiger partial charge in [-0.25, -0.2) is 0 Å². The van der Waals surface area contributed by atoms with Crippen LogP contribution in [-0.4, -0.2) is 12.1 Å². The number of rotatable bonds is 5. The SMILES string of the molecule is COCc1ccc(NC(C)c2ccncc2)cc1. The summed E-state index contributed by atoms with van der Waals surface area (Å²) in [6.07, 6.45) is 3.63. The van der Waals surface area contributed by atoms with Crippen LogP contribution >= 0.6 is 0 Å². The summed E-state index contributed by atoms with van der Waals surface area (Å²) in [7, 11) is 1.71. The molecule has 0 aliphatic heterocycles. The Morgan fingerprint density at radius 1 is 1.11 bits per heavy atom. The van der Waals surface area contributed by atoms with E-state index in [1.165, 1.54) is 11.1 Å². The van der Waals surface area contributed by atoms with Crippen molar-refractivity contribution in [3.63, 3.8) is 0 Å². The van der Waals surface area contributed by atoms with Gasteiger partial charge in [-0.15, -0.1) is 0 Å². The first-order valence-electron chi connectivity index (χ1n) is 6.04. The van der Waals surface area contributed by atoms with Gasteiger partial charge in [0.25, 0.3) is 0 Å². The van der Waals surface area contributed by atoms with Gasteiger partial charge in [0.15, 0.2) is 0 Å². The van der Waals surface area contributed by atoms with Gasteiger partial charge >= 0.3 is 0 Å². The van der Waals surface area contributed by atoms with Crippen molar-refractivity contribution in [3.8, 4) is 0 Å². The van der Waals surface area contributed by atoms with Crippen molar-refractivity contribution in [1.82, 2.24) is 4.98 Å². The Kier molecular flexibility index (Phi) is 4.31. The van der Waals surface area contributed by atoms with Crippen molar-refractivity contribution < 1.29 is 4.74 Å². The van der Waals surface area contributed by atoms with Crippen molar-refractivity contribution in [2.24, 2.45) is 0 Å². The standard InChI is InChI=1S/C15H18N2O/c1-12(14-7-9-16-10-8-14)17-15-5-3-13(4-6-15)11-18-2/h3-10,12,17H,11H2,1-2H3. The quantitative estimate of drug-likeness (QED) is 0.872. The maximum absolute atomic E-state index is 5.09. The molecule has 3 heteroatoms. The van der Waals surface area contributed by atoms with Crippen molar-refractivity contribution in [2.45, 2.75) is 19.6 Å². The van der Waals surface area contributed by atoms with Gasteiger partial charge in [0.05, 0.1) is 6.61 Å². The van der Waals surface area contributed by atoms with Crippen LogP contribution in [0.3, 0.4) is 0 Å². The Morgan fingerprint density at radius 2 is 1.78 bits per heavy atom. The lowest BCUT2D eigenvalue weighted by Gasteiger charge is -2.15. The van der Waals surface area contributed by atoms with Gasteiger partial charge in [-0.2, -0.15) is 0 Å². The lowest BCUT2D eigenvalue weighted by Crippen LogP contribution is -2.06. The molecule has 0 saturated heterocycles. The number of methoxy groups -OCH3 is 1. The van der Waals surface area contributed by atoms with Crippen LogP contribution in [0.4, 0.5) is 5.69 Å². The minimum absolute atomic E-state index is 0.265. The number of pyridine rings is 1. The van der Waals surface area contributed by atoms with Gasteiger partial charge in [0, 0.05) is 31.2 Å². The second kappa shape index (κ2) is 6.17. The summed E-state index contributed by atoms with van der Waals surface area (Å²) in [5.41, 5.74) is 3.52. The molecule has 0 radical (unpaired) electrons. The lowest BCUT2D eigenvalue weighted by atomic mass is 10.1. The van der Waals surface area contributed by atoms with Gasteiger partial charge in [-0.1, -0.05) is 12.1 Å². The maximum Gasteiger partial charge on any atom is 0.0713 e. The smallest absolute Gasteiger partial charge is 0.0713 e. The monoisotopic (exact) mass is 242 g/mol. The number of aromatic nitrogens is 1. The molecule has 18 heavy (non-hydrogen) atoms. The fourth-order valence-corrected chi connectivity index (χ4v) is 1.85. The minimum atomic E-state index is 0.265. The fourth-order valence-electron chi connectivity index (χ4n) is 1.85. The van der Waals surface area contributed by atoms with E-state index in [4.69, 9.17) is 4.74 Å². The molecule has 0 bridgehead atoms. The molecule has 1 aromatic carbocycles. The molecule has 2 aromatic rings. The molecular formula is C15H18N2O. The van der Waals surface area contributed by atoms with Gasteiger partial charge in [-0.05, 0) is 42.3 Å². The van der Waals surface area contributed by atoms with E-state index in [1.807, 2.05) is 24.5 Å². The van der Waals surface area contributed by atoms with E-state index >= 15 is 0 Å². The summed E-state index contributed by atoms with van der Waals surface area (Å²) in [5.74, 6) is 0. The molecule has 0 aliphatic carbocycles. The van der Waals surface area contributed by atoms with Crippen LogP contribution in [0.2, 0.25) is 0 Å². The summed E-state index contributed by atoms with van der Waals surface area (Å²) in [6.45, 7) is 2.79. The number of nitrogens with one attached hydrogen (secondary N) is 1. The normalized spacial score (nSPS) is 12.1. The second-order valence-corrected chi connectivity index (χ2v) is 4.28. The first kappa shape index (κ1) is 12.6. The summed E-state index contributed by atoms with van der Waals surface area (Å²) in [4.78, 5) is 4.03. The number of nitrogens with zero attached hydrogens (tertiary/aromatic N) is 1. The Hall–Kier alpha value is -1.87. The second-order valence-electron chi connectivity index (χ2n) is 4.28. The third-order valence-electron chi connectivity index (χ3n) is 2.85. The van der Waals surface area contributed by atoms with Crippen molar-refractivity contribution in [1.29, 1.82) is 0 Å².